The van der Waals surface area contributed by atoms with E-state index in [-0.39, 0.29) is 0 Å². The minimum Gasteiger partial charge on any atom is -0.313 e. The van der Waals surface area contributed by atoms with Crippen molar-refractivity contribution in [1.29, 1.82) is 0 Å². The summed E-state index contributed by atoms with van der Waals surface area (Å²) in [6.45, 7) is 6.18. The van der Waals surface area contributed by atoms with Crippen molar-refractivity contribution in [1.82, 2.24) is 15.1 Å². The predicted molar refractivity (Wildman–Crippen MR) is 63.1 cm³/mol. The third kappa shape index (κ3) is 2.08. The maximum atomic E-state index is 6.18. The predicted octanol–water partition coefficient (Wildman–Crippen LogP) is 2.49. The highest BCUT2D eigenvalue weighted by Gasteiger charge is 2.16. The van der Waals surface area contributed by atoms with Crippen molar-refractivity contribution in [2.75, 3.05) is 13.1 Å². The number of rotatable bonds is 2. The van der Waals surface area contributed by atoms with E-state index in [1.54, 1.807) is 6.20 Å². The first-order chi connectivity index (χ1) is 7.20. The van der Waals surface area contributed by atoms with Crippen LogP contribution in [0.3, 0.4) is 0 Å². The largest absolute Gasteiger partial charge is 0.313 e. The van der Waals surface area contributed by atoms with Crippen LogP contribution < -0.4 is 5.32 Å². The third-order valence-corrected chi connectivity index (χ3v) is 2.88. The van der Waals surface area contributed by atoms with Crippen LogP contribution in [0, 0.1) is 0 Å². The number of hydrogen-bond acceptors (Lipinski definition) is 2. The summed E-state index contributed by atoms with van der Waals surface area (Å²) < 4.78 is 2.00. The van der Waals surface area contributed by atoms with Gasteiger partial charge < -0.3 is 5.32 Å². The summed E-state index contributed by atoms with van der Waals surface area (Å²) >= 11 is 6.18. The Morgan fingerprint density at radius 3 is 2.93 bits per heavy atom. The lowest BCUT2D eigenvalue weighted by Crippen LogP contribution is -2.21. The fourth-order valence-corrected chi connectivity index (χ4v) is 2.12. The van der Waals surface area contributed by atoms with Gasteiger partial charge in [0.2, 0.25) is 0 Å². The molecule has 0 radical (unpaired) electrons. The van der Waals surface area contributed by atoms with Gasteiger partial charge in [-0.3, -0.25) is 4.68 Å². The number of halogens is 1. The molecule has 82 valence electrons. The van der Waals surface area contributed by atoms with Crippen LogP contribution in [0.1, 0.15) is 32.0 Å². The summed E-state index contributed by atoms with van der Waals surface area (Å²) in [7, 11) is 0. The molecule has 0 aromatic carbocycles. The Hall–Kier alpha value is -0.800. The fourth-order valence-electron chi connectivity index (χ4n) is 1.87. The molecular formula is C11H16ClN3. The first-order valence-electron chi connectivity index (χ1n) is 5.33. The van der Waals surface area contributed by atoms with Gasteiger partial charge in [0.25, 0.3) is 0 Å². The van der Waals surface area contributed by atoms with Crippen LogP contribution in [-0.2, 0) is 0 Å². The molecule has 0 atom stereocenters. The Kier molecular flexibility index (Phi) is 3.12. The first-order valence-corrected chi connectivity index (χ1v) is 5.71. The van der Waals surface area contributed by atoms with Gasteiger partial charge in [-0.05, 0) is 32.4 Å². The second kappa shape index (κ2) is 4.37. The summed E-state index contributed by atoms with van der Waals surface area (Å²) in [5.74, 6) is 0. The lowest BCUT2D eigenvalue weighted by molar-refractivity contribution is 0.524. The second-order valence-electron chi connectivity index (χ2n) is 4.06. The van der Waals surface area contributed by atoms with E-state index < -0.39 is 0 Å². The summed E-state index contributed by atoms with van der Waals surface area (Å²) in [6.07, 6.45) is 4.96. The van der Waals surface area contributed by atoms with E-state index in [4.69, 9.17) is 11.6 Å². The van der Waals surface area contributed by atoms with Crippen molar-refractivity contribution >= 4 is 17.2 Å². The van der Waals surface area contributed by atoms with E-state index in [0.29, 0.717) is 6.04 Å². The average molecular weight is 226 g/mol. The lowest BCUT2D eigenvalue weighted by Gasteiger charge is -2.17. The zero-order valence-electron chi connectivity index (χ0n) is 9.13. The Balaban J connectivity index is 2.41. The standard InChI is InChI=1S/C11H16ClN3/c1-8(2)15-11(10(12)7-14-15)9-3-5-13-6-4-9/h3,7-8,13H,4-6H2,1-2H3. The maximum Gasteiger partial charge on any atom is 0.0862 e. The molecular weight excluding hydrogens is 210 g/mol. The second-order valence-corrected chi connectivity index (χ2v) is 4.47. The number of nitrogens with one attached hydrogen (secondary N) is 1. The highest BCUT2D eigenvalue weighted by Crippen LogP contribution is 2.28. The van der Waals surface area contributed by atoms with Crippen molar-refractivity contribution in [3.8, 4) is 0 Å². The molecule has 2 rings (SSSR count). The molecule has 0 amide bonds. The monoisotopic (exact) mass is 225 g/mol. The van der Waals surface area contributed by atoms with Crippen molar-refractivity contribution < 1.29 is 0 Å². The third-order valence-electron chi connectivity index (χ3n) is 2.61. The number of hydrogen-bond donors (Lipinski definition) is 1. The molecule has 4 heteroatoms. The number of aromatic nitrogens is 2. The van der Waals surface area contributed by atoms with Gasteiger partial charge in [0.05, 0.1) is 16.9 Å². The van der Waals surface area contributed by atoms with E-state index in [1.165, 1.54) is 5.57 Å². The zero-order valence-corrected chi connectivity index (χ0v) is 9.88. The van der Waals surface area contributed by atoms with E-state index in [2.05, 4.69) is 30.3 Å². The molecule has 2 heterocycles. The normalized spacial score (nSPS) is 16.9. The first kappa shape index (κ1) is 10.7. The van der Waals surface area contributed by atoms with E-state index in [9.17, 15) is 0 Å². The minimum absolute atomic E-state index is 0.350. The topological polar surface area (TPSA) is 29.9 Å². The molecule has 1 aliphatic rings. The Morgan fingerprint density at radius 2 is 2.33 bits per heavy atom. The van der Waals surface area contributed by atoms with Crippen LogP contribution in [0.15, 0.2) is 12.3 Å². The Morgan fingerprint density at radius 1 is 1.53 bits per heavy atom. The molecule has 1 aliphatic heterocycles. The highest BCUT2D eigenvalue weighted by molar-refractivity contribution is 6.32. The van der Waals surface area contributed by atoms with E-state index in [1.807, 2.05) is 4.68 Å². The van der Waals surface area contributed by atoms with Crippen molar-refractivity contribution in [3.05, 3.63) is 23.0 Å². The average Bonchev–Trinajstić information content (AvgIpc) is 2.61. The van der Waals surface area contributed by atoms with Gasteiger partial charge in [0, 0.05) is 12.6 Å². The van der Waals surface area contributed by atoms with Gasteiger partial charge in [-0.1, -0.05) is 17.7 Å². The van der Waals surface area contributed by atoms with Crippen molar-refractivity contribution in [2.45, 2.75) is 26.3 Å². The van der Waals surface area contributed by atoms with Crippen molar-refractivity contribution in [3.63, 3.8) is 0 Å². The maximum absolute atomic E-state index is 6.18. The molecule has 0 fully saturated rings. The summed E-state index contributed by atoms with van der Waals surface area (Å²) in [4.78, 5) is 0. The molecule has 0 aliphatic carbocycles. The summed E-state index contributed by atoms with van der Waals surface area (Å²) in [5, 5.41) is 8.37. The molecule has 0 unspecified atom stereocenters. The molecule has 0 bridgehead atoms. The van der Waals surface area contributed by atoms with E-state index in [0.717, 1.165) is 30.2 Å². The zero-order chi connectivity index (χ0) is 10.8. The molecule has 1 aromatic rings. The highest BCUT2D eigenvalue weighted by atomic mass is 35.5. The van der Waals surface area contributed by atoms with Gasteiger partial charge in [-0.25, -0.2) is 0 Å². The SMILES string of the molecule is CC(C)n1ncc(Cl)c1C1=CCNCC1. The Labute approximate surface area is 95.1 Å². The Bertz CT molecular complexity index is 379. The van der Waals surface area contributed by atoms with Gasteiger partial charge in [-0.2, -0.15) is 5.10 Å². The van der Waals surface area contributed by atoms with Crippen LogP contribution in [0.2, 0.25) is 5.02 Å². The molecule has 0 saturated heterocycles. The van der Waals surface area contributed by atoms with Crippen LogP contribution >= 0.6 is 11.6 Å². The van der Waals surface area contributed by atoms with Gasteiger partial charge >= 0.3 is 0 Å². The molecule has 1 N–H and O–H groups in total. The van der Waals surface area contributed by atoms with Crippen LogP contribution in [0.25, 0.3) is 5.57 Å². The number of nitrogens with zero attached hydrogens (tertiary/aromatic N) is 2. The van der Waals surface area contributed by atoms with Gasteiger partial charge in [0.15, 0.2) is 0 Å². The van der Waals surface area contributed by atoms with Crippen LogP contribution in [0.4, 0.5) is 0 Å². The van der Waals surface area contributed by atoms with Gasteiger partial charge in [-0.15, -0.1) is 0 Å². The summed E-state index contributed by atoms with van der Waals surface area (Å²) in [5.41, 5.74) is 2.40. The van der Waals surface area contributed by atoms with Crippen LogP contribution in [0.5, 0.6) is 0 Å². The van der Waals surface area contributed by atoms with Crippen molar-refractivity contribution in [2.24, 2.45) is 0 Å². The quantitative estimate of drug-likeness (QED) is 0.838. The van der Waals surface area contributed by atoms with E-state index >= 15 is 0 Å². The molecule has 15 heavy (non-hydrogen) atoms. The lowest BCUT2D eigenvalue weighted by atomic mass is 10.1. The molecule has 3 nitrogen and oxygen atoms in total. The molecule has 0 saturated carbocycles. The smallest absolute Gasteiger partial charge is 0.0862 e. The minimum atomic E-state index is 0.350. The summed E-state index contributed by atoms with van der Waals surface area (Å²) in [6, 6.07) is 0.350. The van der Waals surface area contributed by atoms with Crippen LogP contribution in [-0.4, -0.2) is 22.9 Å². The van der Waals surface area contributed by atoms with Gasteiger partial charge in [0.1, 0.15) is 0 Å². The molecule has 1 aromatic heterocycles. The molecule has 0 spiro atoms. The fraction of sp³-hybridized carbons (Fsp3) is 0.545.